The normalized spacial score (nSPS) is 10.4. The number of carbonyl (C=O) groups excluding carboxylic acids is 1. The molecule has 3 rings (SSSR count). The average molecular weight is 352 g/mol. The van der Waals surface area contributed by atoms with Gasteiger partial charge in [-0.15, -0.1) is 0 Å². The maximum atomic E-state index is 12.5. The third kappa shape index (κ3) is 3.85. The van der Waals surface area contributed by atoms with Crippen LogP contribution in [-0.2, 0) is 6.42 Å². The van der Waals surface area contributed by atoms with Crippen LogP contribution in [0.1, 0.15) is 15.9 Å². The average Bonchev–Trinajstić information content (AvgIpc) is 3.18. The third-order valence-corrected chi connectivity index (χ3v) is 4.01. The van der Waals surface area contributed by atoms with Crippen molar-refractivity contribution in [3.8, 4) is 22.8 Å². The van der Waals surface area contributed by atoms with E-state index < -0.39 is 0 Å². The number of nitrogens with zero attached hydrogens (tertiary/aromatic N) is 1. The molecule has 3 aromatic rings. The first-order chi connectivity index (χ1) is 12.7. The van der Waals surface area contributed by atoms with Crippen LogP contribution in [-0.4, -0.2) is 31.8 Å². The van der Waals surface area contributed by atoms with Crippen molar-refractivity contribution in [2.45, 2.75) is 6.42 Å². The summed E-state index contributed by atoms with van der Waals surface area (Å²) in [5.74, 6) is 1.13. The highest BCUT2D eigenvalue weighted by Crippen LogP contribution is 2.27. The van der Waals surface area contributed by atoms with E-state index in [0.29, 0.717) is 35.7 Å². The number of benzene rings is 2. The predicted molar refractivity (Wildman–Crippen MR) is 97.5 cm³/mol. The second kappa shape index (κ2) is 8.20. The summed E-state index contributed by atoms with van der Waals surface area (Å²) in [6.07, 6.45) is 2.03. The van der Waals surface area contributed by atoms with Gasteiger partial charge in [0.15, 0.2) is 11.5 Å². The number of methoxy groups -OCH3 is 2. The molecule has 134 valence electrons. The monoisotopic (exact) mass is 352 g/mol. The summed E-state index contributed by atoms with van der Waals surface area (Å²) < 4.78 is 15.5. The zero-order chi connectivity index (χ0) is 18.4. The van der Waals surface area contributed by atoms with E-state index in [2.05, 4.69) is 10.5 Å². The van der Waals surface area contributed by atoms with Crippen molar-refractivity contribution in [2.75, 3.05) is 20.8 Å². The first kappa shape index (κ1) is 17.5. The van der Waals surface area contributed by atoms with Crippen LogP contribution >= 0.6 is 0 Å². The van der Waals surface area contributed by atoms with Crippen molar-refractivity contribution in [2.24, 2.45) is 0 Å². The molecule has 0 atom stereocenters. The Hall–Kier alpha value is -3.28. The Morgan fingerprint density at radius 3 is 2.58 bits per heavy atom. The van der Waals surface area contributed by atoms with Gasteiger partial charge in [0.05, 0.1) is 14.2 Å². The zero-order valence-corrected chi connectivity index (χ0v) is 14.7. The lowest BCUT2D eigenvalue weighted by molar-refractivity contribution is 0.0954. The van der Waals surface area contributed by atoms with Gasteiger partial charge in [-0.05, 0) is 24.1 Å². The number of nitrogens with one attached hydrogen (secondary N) is 1. The molecule has 0 saturated carbocycles. The summed E-state index contributed by atoms with van der Waals surface area (Å²) in [5, 5.41) is 6.85. The molecule has 2 aromatic carbocycles. The zero-order valence-electron chi connectivity index (χ0n) is 14.7. The Morgan fingerprint density at radius 1 is 1.08 bits per heavy atom. The smallest absolute Gasteiger partial charge is 0.256 e. The second-order valence-corrected chi connectivity index (χ2v) is 5.64. The van der Waals surface area contributed by atoms with Crippen molar-refractivity contribution in [1.29, 1.82) is 0 Å². The summed E-state index contributed by atoms with van der Waals surface area (Å²) in [4.78, 5) is 12.5. The standard InChI is InChI=1S/C20H20N2O4/c1-24-17-9-8-14(12-18(17)25-2)10-11-21-20(23)16-13-26-22-19(16)15-6-4-3-5-7-15/h3-9,12-13H,10-11H2,1-2H3,(H,21,23). The highest BCUT2D eigenvalue weighted by molar-refractivity contribution is 5.99. The SMILES string of the molecule is COc1ccc(CCNC(=O)c2conc2-c2ccccc2)cc1OC. The molecule has 1 N–H and O–H groups in total. The molecular weight excluding hydrogens is 332 g/mol. The van der Waals surface area contributed by atoms with Gasteiger partial charge < -0.3 is 19.3 Å². The molecule has 0 radical (unpaired) electrons. The number of hydrogen-bond acceptors (Lipinski definition) is 5. The Morgan fingerprint density at radius 2 is 1.85 bits per heavy atom. The van der Waals surface area contributed by atoms with Gasteiger partial charge in [0.1, 0.15) is 17.5 Å². The van der Waals surface area contributed by atoms with E-state index in [-0.39, 0.29) is 5.91 Å². The fraction of sp³-hybridized carbons (Fsp3) is 0.200. The molecule has 0 spiro atoms. The summed E-state index contributed by atoms with van der Waals surface area (Å²) in [5.41, 5.74) is 2.83. The van der Waals surface area contributed by atoms with Crippen LogP contribution in [0.25, 0.3) is 11.3 Å². The van der Waals surface area contributed by atoms with Crippen LogP contribution in [0, 0.1) is 0 Å². The minimum Gasteiger partial charge on any atom is -0.493 e. The highest BCUT2D eigenvalue weighted by atomic mass is 16.5. The number of rotatable bonds is 7. The molecule has 1 aromatic heterocycles. The van der Waals surface area contributed by atoms with Crippen LogP contribution in [0.15, 0.2) is 59.3 Å². The van der Waals surface area contributed by atoms with E-state index in [4.69, 9.17) is 14.0 Å². The Kier molecular flexibility index (Phi) is 5.53. The molecule has 6 nitrogen and oxygen atoms in total. The lowest BCUT2D eigenvalue weighted by Crippen LogP contribution is -2.25. The van der Waals surface area contributed by atoms with E-state index in [1.165, 1.54) is 6.26 Å². The number of carbonyl (C=O) groups is 1. The molecule has 1 heterocycles. The quantitative estimate of drug-likeness (QED) is 0.706. The van der Waals surface area contributed by atoms with Gasteiger partial charge in [0.2, 0.25) is 0 Å². The number of amides is 1. The number of ether oxygens (including phenoxy) is 2. The van der Waals surface area contributed by atoms with Crippen molar-refractivity contribution >= 4 is 5.91 Å². The summed E-state index contributed by atoms with van der Waals surface area (Å²) in [6, 6.07) is 15.2. The third-order valence-electron chi connectivity index (χ3n) is 4.01. The summed E-state index contributed by atoms with van der Waals surface area (Å²) in [7, 11) is 3.20. The van der Waals surface area contributed by atoms with Gasteiger partial charge in [-0.25, -0.2) is 0 Å². The van der Waals surface area contributed by atoms with Gasteiger partial charge in [-0.1, -0.05) is 41.6 Å². The molecular formula is C20H20N2O4. The second-order valence-electron chi connectivity index (χ2n) is 5.64. The largest absolute Gasteiger partial charge is 0.493 e. The number of aromatic nitrogens is 1. The first-order valence-electron chi connectivity index (χ1n) is 8.22. The van der Waals surface area contributed by atoms with Crippen LogP contribution in [0.4, 0.5) is 0 Å². The van der Waals surface area contributed by atoms with Gasteiger partial charge in [0.25, 0.3) is 5.91 Å². The number of hydrogen-bond donors (Lipinski definition) is 1. The molecule has 6 heteroatoms. The van der Waals surface area contributed by atoms with Crippen molar-refractivity contribution in [3.63, 3.8) is 0 Å². The molecule has 0 aliphatic rings. The van der Waals surface area contributed by atoms with Gasteiger partial charge >= 0.3 is 0 Å². The van der Waals surface area contributed by atoms with Crippen molar-refractivity contribution in [3.05, 3.63) is 65.9 Å². The van der Waals surface area contributed by atoms with Crippen molar-refractivity contribution < 1.29 is 18.8 Å². The van der Waals surface area contributed by atoms with Crippen molar-refractivity contribution in [1.82, 2.24) is 10.5 Å². The molecule has 0 aliphatic heterocycles. The Labute approximate surface area is 151 Å². The van der Waals surface area contributed by atoms with Crippen LogP contribution in [0.2, 0.25) is 0 Å². The minimum absolute atomic E-state index is 0.217. The summed E-state index contributed by atoms with van der Waals surface area (Å²) >= 11 is 0. The fourth-order valence-electron chi connectivity index (χ4n) is 2.65. The predicted octanol–water partition coefficient (Wildman–Crippen LogP) is 3.33. The maximum Gasteiger partial charge on any atom is 0.256 e. The van der Waals surface area contributed by atoms with Gasteiger partial charge in [-0.3, -0.25) is 4.79 Å². The van der Waals surface area contributed by atoms with E-state index in [0.717, 1.165) is 11.1 Å². The van der Waals surface area contributed by atoms with Crippen LogP contribution < -0.4 is 14.8 Å². The molecule has 1 amide bonds. The molecule has 0 unspecified atom stereocenters. The first-order valence-corrected chi connectivity index (χ1v) is 8.22. The van der Waals surface area contributed by atoms with Gasteiger partial charge in [0, 0.05) is 12.1 Å². The molecule has 0 bridgehead atoms. The maximum absolute atomic E-state index is 12.5. The van der Waals surface area contributed by atoms with Crippen LogP contribution in [0.5, 0.6) is 11.5 Å². The van der Waals surface area contributed by atoms with E-state index in [9.17, 15) is 4.79 Å². The minimum atomic E-state index is -0.217. The lowest BCUT2D eigenvalue weighted by atomic mass is 10.1. The Balaban J connectivity index is 1.63. The highest BCUT2D eigenvalue weighted by Gasteiger charge is 2.17. The molecule has 0 aliphatic carbocycles. The lowest BCUT2D eigenvalue weighted by Gasteiger charge is -2.10. The molecule has 0 fully saturated rings. The molecule has 0 saturated heterocycles. The van der Waals surface area contributed by atoms with E-state index in [1.807, 2.05) is 48.5 Å². The topological polar surface area (TPSA) is 73.6 Å². The Bertz CT molecular complexity index is 875. The molecule has 26 heavy (non-hydrogen) atoms. The van der Waals surface area contributed by atoms with Gasteiger partial charge in [-0.2, -0.15) is 0 Å². The summed E-state index contributed by atoms with van der Waals surface area (Å²) in [6.45, 7) is 0.480. The van der Waals surface area contributed by atoms with Crippen LogP contribution in [0.3, 0.4) is 0 Å². The fourth-order valence-corrected chi connectivity index (χ4v) is 2.65. The van der Waals surface area contributed by atoms with E-state index >= 15 is 0 Å². The van der Waals surface area contributed by atoms with E-state index in [1.54, 1.807) is 14.2 Å².